The number of nitrogens with one attached hydrogen (secondary N) is 1. The van der Waals surface area contributed by atoms with Crippen molar-refractivity contribution in [1.29, 1.82) is 0 Å². The van der Waals surface area contributed by atoms with Gasteiger partial charge in [0.1, 0.15) is 5.82 Å². The molecule has 0 fully saturated rings. The highest BCUT2D eigenvalue weighted by molar-refractivity contribution is 5.91. The van der Waals surface area contributed by atoms with Crippen molar-refractivity contribution in [3.8, 4) is 28.3 Å². The number of H-pyrrole nitrogens is 1. The van der Waals surface area contributed by atoms with Crippen molar-refractivity contribution in [2.24, 2.45) is 5.73 Å². The standard InChI is InChI=1S/C20H14FN3O/c21-14-8-15-16(9-17(14)25)24-20(23-15)13-7-3-6-12-18(13)10-4-1-2-5-11(10)19(12)22/h1-9,19,25H,22H2,(H,23,24)/t19-/m1/s1. The number of phenolic OH excluding ortho intramolecular Hbond substituents is 1. The molecule has 0 amide bonds. The lowest BCUT2D eigenvalue weighted by molar-refractivity contribution is 0.433. The fourth-order valence-corrected chi connectivity index (χ4v) is 3.64. The number of phenols is 1. The van der Waals surface area contributed by atoms with Gasteiger partial charge in [0, 0.05) is 17.7 Å². The van der Waals surface area contributed by atoms with Crippen LogP contribution in [0.4, 0.5) is 4.39 Å². The summed E-state index contributed by atoms with van der Waals surface area (Å²) in [6, 6.07) is 16.4. The van der Waals surface area contributed by atoms with E-state index < -0.39 is 11.6 Å². The summed E-state index contributed by atoms with van der Waals surface area (Å²) in [4.78, 5) is 7.69. The number of aromatic hydroxyl groups is 1. The average molecular weight is 331 g/mol. The summed E-state index contributed by atoms with van der Waals surface area (Å²) in [5, 5.41) is 9.57. The van der Waals surface area contributed by atoms with E-state index in [-0.39, 0.29) is 6.04 Å². The molecule has 1 aromatic heterocycles. The van der Waals surface area contributed by atoms with Crippen LogP contribution in [0.25, 0.3) is 33.5 Å². The zero-order valence-electron chi connectivity index (χ0n) is 13.1. The highest BCUT2D eigenvalue weighted by atomic mass is 19.1. The molecule has 1 atom stereocenters. The van der Waals surface area contributed by atoms with Gasteiger partial charge in [-0.05, 0) is 22.3 Å². The molecule has 4 aromatic rings. The molecule has 1 aliphatic carbocycles. The lowest BCUT2D eigenvalue weighted by Gasteiger charge is -2.08. The number of aromatic amines is 1. The van der Waals surface area contributed by atoms with E-state index in [0.29, 0.717) is 16.9 Å². The fraction of sp³-hybridized carbons (Fsp3) is 0.0500. The first-order chi connectivity index (χ1) is 12.1. The van der Waals surface area contributed by atoms with Gasteiger partial charge < -0.3 is 15.8 Å². The monoisotopic (exact) mass is 331 g/mol. The molecule has 0 radical (unpaired) electrons. The molecule has 4 nitrogen and oxygen atoms in total. The summed E-state index contributed by atoms with van der Waals surface area (Å²) in [7, 11) is 0. The summed E-state index contributed by atoms with van der Waals surface area (Å²) < 4.78 is 13.6. The van der Waals surface area contributed by atoms with Crippen LogP contribution >= 0.6 is 0 Å². The van der Waals surface area contributed by atoms with Crippen molar-refractivity contribution in [2.75, 3.05) is 0 Å². The van der Waals surface area contributed by atoms with Crippen LogP contribution in [0.2, 0.25) is 0 Å². The third-order valence-corrected chi connectivity index (χ3v) is 4.80. The fourth-order valence-electron chi connectivity index (χ4n) is 3.64. The van der Waals surface area contributed by atoms with Gasteiger partial charge in [0.15, 0.2) is 11.6 Å². The molecule has 122 valence electrons. The normalized spacial score (nSPS) is 15.4. The van der Waals surface area contributed by atoms with Gasteiger partial charge in [-0.15, -0.1) is 0 Å². The molecule has 3 aromatic carbocycles. The van der Waals surface area contributed by atoms with E-state index in [1.807, 2.05) is 36.4 Å². The summed E-state index contributed by atoms with van der Waals surface area (Å²) in [6.45, 7) is 0. The maximum atomic E-state index is 13.6. The van der Waals surface area contributed by atoms with Crippen LogP contribution in [-0.2, 0) is 0 Å². The molecule has 5 heteroatoms. The van der Waals surface area contributed by atoms with Crippen LogP contribution in [0.5, 0.6) is 5.75 Å². The van der Waals surface area contributed by atoms with Crippen molar-refractivity contribution in [3.63, 3.8) is 0 Å². The van der Waals surface area contributed by atoms with Crippen LogP contribution in [0.3, 0.4) is 0 Å². The molecule has 0 saturated carbocycles. The number of fused-ring (bicyclic) bond motifs is 4. The van der Waals surface area contributed by atoms with Crippen LogP contribution in [0.15, 0.2) is 54.6 Å². The number of nitrogens with zero attached hydrogens (tertiary/aromatic N) is 1. The largest absolute Gasteiger partial charge is 0.505 e. The number of halogens is 1. The van der Waals surface area contributed by atoms with E-state index in [9.17, 15) is 9.50 Å². The molecule has 0 unspecified atom stereocenters. The first-order valence-corrected chi connectivity index (χ1v) is 8.00. The summed E-state index contributed by atoms with van der Waals surface area (Å²) in [6.07, 6.45) is 0. The number of benzene rings is 3. The zero-order valence-corrected chi connectivity index (χ0v) is 13.1. The third-order valence-electron chi connectivity index (χ3n) is 4.80. The Morgan fingerprint density at radius 3 is 2.64 bits per heavy atom. The second-order valence-corrected chi connectivity index (χ2v) is 6.24. The number of hydrogen-bond acceptors (Lipinski definition) is 3. The lowest BCUT2D eigenvalue weighted by atomic mass is 9.99. The first kappa shape index (κ1) is 14.2. The second kappa shape index (κ2) is 4.91. The predicted octanol–water partition coefficient (Wildman–Crippen LogP) is 4.10. The highest BCUT2D eigenvalue weighted by Gasteiger charge is 2.28. The second-order valence-electron chi connectivity index (χ2n) is 6.24. The van der Waals surface area contributed by atoms with Gasteiger partial charge in [-0.1, -0.05) is 42.5 Å². The quantitative estimate of drug-likeness (QED) is 0.491. The first-order valence-electron chi connectivity index (χ1n) is 8.00. The molecular weight excluding hydrogens is 317 g/mol. The predicted molar refractivity (Wildman–Crippen MR) is 94.6 cm³/mol. The molecule has 0 spiro atoms. The van der Waals surface area contributed by atoms with Gasteiger partial charge >= 0.3 is 0 Å². The minimum atomic E-state index is -0.673. The lowest BCUT2D eigenvalue weighted by Crippen LogP contribution is -2.07. The Morgan fingerprint density at radius 2 is 1.76 bits per heavy atom. The molecule has 0 aliphatic heterocycles. The smallest absolute Gasteiger partial charge is 0.167 e. The molecule has 0 bridgehead atoms. The summed E-state index contributed by atoms with van der Waals surface area (Å²) >= 11 is 0. The molecule has 5 rings (SSSR count). The molecule has 0 saturated heterocycles. The highest BCUT2D eigenvalue weighted by Crippen LogP contribution is 2.46. The van der Waals surface area contributed by atoms with Crippen LogP contribution < -0.4 is 5.73 Å². The average Bonchev–Trinajstić information content (AvgIpc) is 3.15. The van der Waals surface area contributed by atoms with E-state index in [1.165, 1.54) is 12.1 Å². The van der Waals surface area contributed by atoms with Crippen molar-refractivity contribution < 1.29 is 9.50 Å². The van der Waals surface area contributed by atoms with E-state index in [2.05, 4.69) is 16.0 Å². The number of nitrogens with two attached hydrogens (primary N) is 1. The maximum Gasteiger partial charge on any atom is 0.167 e. The minimum Gasteiger partial charge on any atom is -0.505 e. The van der Waals surface area contributed by atoms with Crippen LogP contribution in [0.1, 0.15) is 17.2 Å². The topological polar surface area (TPSA) is 74.9 Å². The molecular formula is C20H14FN3O. The Morgan fingerprint density at radius 1 is 1.00 bits per heavy atom. The Balaban J connectivity index is 1.78. The van der Waals surface area contributed by atoms with Gasteiger partial charge in [0.05, 0.1) is 17.1 Å². The van der Waals surface area contributed by atoms with Crippen molar-refractivity contribution >= 4 is 11.0 Å². The van der Waals surface area contributed by atoms with Gasteiger partial charge in [0.2, 0.25) is 0 Å². The van der Waals surface area contributed by atoms with Crippen molar-refractivity contribution in [2.45, 2.75) is 6.04 Å². The Hall–Kier alpha value is -3.18. The Kier molecular flexibility index (Phi) is 2.79. The van der Waals surface area contributed by atoms with Crippen LogP contribution in [0, 0.1) is 5.82 Å². The van der Waals surface area contributed by atoms with Gasteiger partial charge in [-0.25, -0.2) is 9.37 Å². The summed E-state index contributed by atoms with van der Waals surface area (Å²) in [5.41, 5.74) is 12.7. The third kappa shape index (κ3) is 1.93. The Bertz CT molecular complexity index is 1110. The maximum absolute atomic E-state index is 13.6. The number of aromatic nitrogens is 2. The summed E-state index contributed by atoms with van der Waals surface area (Å²) in [5.74, 6) is -0.453. The minimum absolute atomic E-state index is 0.169. The number of rotatable bonds is 1. The van der Waals surface area contributed by atoms with E-state index in [0.717, 1.165) is 27.8 Å². The zero-order chi connectivity index (χ0) is 17.1. The van der Waals surface area contributed by atoms with Crippen molar-refractivity contribution in [3.05, 3.63) is 71.5 Å². The molecule has 1 aliphatic rings. The Labute approximate surface area is 142 Å². The van der Waals surface area contributed by atoms with Crippen LogP contribution in [-0.4, -0.2) is 15.1 Å². The van der Waals surface area contributed by atoms with Crippen molar-refractivity contribution in [1.82, 2.24) is 9.97 Å². The molecule has 4 N–H and O–H groups in total. The SMILES string of the molecule is N[C@@H]1c2ccccc2-c2c(-c3nc4cc(O)c(F)cc4[nH]3)cccc21. The van der Waals surface area contributed by atoms with Gasteiger partial charge in [-0.3, -0.25) is 0 Å². The molecule has 1 heterocycles. The van der Waals surface area contributed by atoms with Gasteiger partial charge in [-0.2, -0.15) is 0 Å². The van der Waals surface area contributed by atoms with E-state index in [4.69, 9.17) is 5.73 Å². The van der Waals surface area contributed by atoms with E-state index >= 15 is 0 Å². The van der Waals surface area contributed by atoms with E-state index in [1.54, 1.807) is 0 Å². The molecule has 25 heavy (non-hydrogen) atoms. The number of imidazole rings is 1. The number of hydrogen-bond donors (Lipinski definition) is 3. The van der Waals surface area contributed by atoms with Gasteiger partial charge in [0.25, 0.3) is 0 Å².